The topological polar surface area (TPSA) is 18.5 Å². The minimum Gasteiger partial charge on any atom is -0.312 e. The summed E-state index contributed by atoms with van der Waals surface area (Å²) in [5.74, 6) is 0. The molecule has 0 spiro atoms. The number of fused-ring (bicyclic) bond motifs is 2. The summed E-state index contributed by atoms with van der Waals surface area (Å²) >= 11 is 0. The van der Waals surface area contributed by atoms with Crippen molar-refractivity contribution in [2.75, 3.05) is 26.7 Å². The van der Waals surface area contributed by atoms with E-state index in [1.165, 1.54) is 58.2 Å². The second kappa shape index (κ2) is 5.48. The molecule has 3 unspecified atom stereocenters. The van der Waals surface area contributed by atoms with E-state index in [1.807, 2.05) is 0 Å². The SMILES string of the molecule is CCC(CNC1CC1)N1CCC2CCC(C1)N2C. The summed E-state index contributed by atoms with van der Waals surface area (Å²) < 4.78 is 0. The highest BCUT2D eigenvalue weighted by atomic mass is 15.3. The third-order valence-corrected chi connectivity index (χ3v) is 5.39. The maximum atomic E-state index is 3.73. The first kappa shape index (κ1) is 12.9. The minimum absolute atomic E-state index is 0.762. The average Bonchev–Trinajstić information content (AvgIpc) is 3.11. The maximum absolute atomic E-state index is 3.73. The predicted octanol–water partition coefficient (Wildman–Crippen LogP) is 1.69. The largest absolute Gasteiger partial charge is 0.312 e. The molecule has 1 saturated carbocycles. The third-order valence-electron chi connectivity index (χ3n) is 5.39. The van der Waals surface area contributed by atoms with Gasteiger partial charge >= 0.3 is 0 Å². The molecule has 0 aromatic heterocycles. The molecule has 2 saturated heterocycles. The van der Waals surface area contributed by atoms with Crippen LogP contribution in [-0.2, 0) is 0 Å². The van der Waals surface area contributed by atoms with E-state index in [0.717, 1.165) is 24.2 Å². The Morgan fingerprint density at radius 3 is 2.61 bits per heavy atom. The normalized spacial score (nSPS) is 35.7. The molecule has 0 aromatic carbocycles. The smallest absolute Gasteiger partial charge is 0.0223 e. The molecule has 104 valence electrons. The van der Waals surface area contributed by atoms with Crippen LogP contribution in [0.4, 0.5) is 0 Å². The molecule has 3 fully saturated rings. The summed E-state index contributed by atoms with van der Waals surface area (Å²) in [6.45, 7) is 6.18. The quantitative estimate of drug-likeness (QED) is 0.802. The van der Waals surface area contributed by atoms with E-state index < -0.39 is 0 Å². The van der Waals surface area contributed by atoms with Crippen LogP contribution >= 0.6 is 0 Å². The molecule has 18 heavy (non-hydrogen) atoms. The van der Waals surface area contributed by atoms with Crippen LogP contribution in [0, 0.1) is 0 Å². The van der Waals surface area contributed by atoms with Gasteiger partial charge in [0.05, 0.1) is 0 Å². The minimum atomic E-state index is 0.762. The van der Waals surface area contributed by atoms with Crippen molar-refractivity contribution in [3.05, 3.63) is 0 Å². The summed E-state index contributed by atoms with van der Waals surface area (Å²) in [5, 5.41) is 3.73. The van der Waals surface area contributed by atoms with Gasteiger partial charge < -0.3 is 5.32 Å². The molecular weight excluding hydrogens is 222 g/mol. The molecule has 3 aliphatic rings. The van der Waals surface area contributed by atoms with E-state index in [1.54, 1.807) is 0 Å². The van der Waals surface area contributed by atoms with E-state index in [-0.39, 0.29) is 0 Å². The van der Waals surface area contributed by atoms with Gasteiger partial charge in [0.25, 0.3) is 0 Å². The number of hydrogen-bond acceptors (Lipinski definition) is 3. The van der Waals surface area contributed by atoms with Gasteiger partial charge in [-0.2, -0.15) is 0 Å². The number of nitrogens with one attached hydrogen (secondary N) is 1. The Kier molecular flexibility index (Phi) is 3.92. The molecular formula is C15H29N3. The van der Waals surface area contributed by atoms with Gasteiger partial charge in [0.2, 0.25) is 0 Å². The highest BCUT2D eigenvalue weighted by Crippen LogP contribution is 2.29. The summed E-state index contributed by atoms with van der Waals surface area (Å²) in [6, 6.07) is 3.31. The summed E-state index contributed by atoms with van der Waals surface area (Å²) in [6.07, 6.45) is 8.35. The highest BCUT2D eigenvalue weighted by Gasteiger charge is 2.36. The zero-order valence-electron chi connectivity index (χ0n) is 12.1. The number of hydrogen-bond donors (Lipinski definition) is 1. The molecule has 3 heteroatoms. The fraction of sp³-hybridized carbons (Fsp3) is 1.00. The van der Waals surface area contributed by atoms with Gasteiger partial charge in [-0.25, -0.2) is 0 Å². The second-order valence-electron chi connectivity index (χ2n) is 6.58. The number of nitrogens with zero attached hydrogens (tertiary/aromatic N) is 2. The first-order valence-corrected chi connectivity index (χ1v) is 7.97. The van der Waals surface area contributed by atoms with Crippen LogP contribution in [0.1, 0.15) is 45.4 Å². The van der Waals surface area contributed by atoms with Crippen LogP contribution < -0.4 is 5.32 Å². The molecule has 3 rings (SSSR count). The molecule has 1 aliphatic carbocycles. The van der Waals surface area contributed by atoms with Gasteiger partial charge in [-0.3, -0.25) is 9.80 Å². The summed E-state index contributed by atoms with van der Waals surface area (Å²) in [5.41, 5.74) is 0. The summed E-state index contributed by atoms with van der Waals surface area (Å²) in [7, 11) is 2.34. The van der Waals surface area contributed by atoms with Crippen molar-refractivity contribution in [2.45, 2.75) is 69.6 Å². The number of rotatable bonds is 5. The van der Waals surface area contributed by atoms with Gasteiger partial charge in [-0.15, -0.1) is 0 Å². The van der Waals surface area contributed by atoms with Gasteiger partial charge in [-0.1, -0.05) is 6.92 Å². The molecule has 1 N–H and O–H groups in total. The molecule has 0 radical (unpaired) electrons. The van der Waals surface area contributed by atoms with E-state index in [9.17, 15) is 0 Å². The van der Waals surface area contributed by atoms with Crippen molar-refractivity contribution in [3.8, 4) is 0 Å². The molecule has 2 bridgehead atoms. The van der Waals surface area contributed by atoms with E-state index >= 15 is 0 Å². The van der Waals surface area contributed by atoms with Crippen molar-refractivity contribution in [1.29, 1.82) is 0 Å². The molecule has 2 aliphatic heterocycles. The molecule has 3 nitrogen and oxygen atoms in total. The van der Waals surface area contributed by atoms with Crippen molar-refractivity contribution in [3.63, 3.8) is 0 Å². The van der Waals surface area contributed by atoms with E-state index in [0.29, 0.717) is 0 Å². The monoisotopic (exact) mass is 251 g/mol. The Bertz CT molecular complexity index is 277. The van der Waals surface area contributed by atoms with Crippen molar-refractivity contribution in [2.24, 2.45) is 0 Å². The molecule has 0 amide bonds. The lowest BCUT2D eigenvalue weighted by atomic mass is 10.1. The van der Waals surface area contributed by atoms with Gasteiger partial charge in [0.15, 0.2) is 0 Å². The van der Waals surface area contributed by atoms with Crippen LogP contribution in [0.5, 0.6) is 0 Å². The summed E-state index contributed by atoms with van der Waals surface area (Å²) in [4.78, 5) is 5.43. The van der Waals surface area contributed by atoms with Crippen LogP contribution in [-0.4, -0.2) is 60.6 Å². The first-order chi connectivity index (χ1) is 8.78. The zero-order chi connectivity index (χ0) is 12.5. The Balaban J connectivity index is 1.56. The third kappa shape index (κ3) is 2.73. The lowest BCUT2D eigenvalue weighted by Crippen LogP contribution is -2.46. The predicted molar refractivity (Wildman–Crippen MR) is 75.9 cm³/mol. The molecule has 3 atom stereocenters. The first-order valence-electron chi connectivity index (χ1n) is 7.97. The lowest BCUT2D eigenvalue weighted by molar-refractivity contribution is 0.164. The van der Waals surface area contributed by atoms with Crippen molar-refractivity contribution >= 4 is 0 Å². The highest BCUT2D eigenvalue weighted by molar-refractivity contribution is 4.93. The zero-order valence-corrected chi connectivity index (χ0v) is 12.1. The fourth-order valence-corrected chi connectivity index (χ4v) is 3.79. The Labute approximate surface area is 112 Å². The number of likely N-dealkylation sites (tertiary alicyclic amines) is 1. The maximum Gasteiger partial charge on any atom is 0.0223 e. The average molecular weight is 251 g/mol. The molecule has 2 heterocycles. The van der Waals surface area contributed by atoms with E-state index in [4.69, 9.17) is 0 Å². The van der Waals surface area contributed by atoms with Gasteiger partial charge in [-0.05, 0) is 45.6 Å². The molecule has 0 aromatic rings. The standard InChI is InChI=1S/C15H29N3/c1-3-13(10-16-12-4-5-12)18-9-8-14-6-7-15(11-18)17(14)2/h12-16H,3-11H2,1-2H3. The van der Waals surface area contributed by atoms with Gasteiger partial charge in [0, 0.05) is 43.8 Å². The van der Waals surface area contributed by atoms with Crippen LogP contribution in [0.2, 0.25) is 0 Å². The van der Waals surface area contributed by atoms with Crippen LogP contribution in [0.15, 0.2) is 0 Å². The van der Waals surface area contributed by atoms with Crippen molar-refractivity contribution in [1.82, 2.24) is 15.1 Å². The Hall–Kier alpha value is -0.120. The fourth-order valence-electron chi connectivity index (χ4n) is 3.79. The van der Waals surface area contributed by atoms with Crippen LogP contribution in [0.3, 0.4) is 0 Å². The lowest BCUT2D eigenvalue weighted by Gasteiger charge is -2.33. The van der Waals surface area contributed by atoms with Crippen LogP contribution in [0.25, 0.3) is 0 Å². The Morgan fingerprint density at radius 2 is 1.89 bits per heavy atom. The van der Waals surface area contributed by atoms with E-state index in [2.05, 4.69) is 29.1 Å². The van der Waals surface area contributed by atoms with Gasteiger partial charge in [0.1, 0.15) is 0 Å². The number of likely N-dealkylation sites (N-methyl/N-ethyl adjacent to an activating group) is 1. The second-order valence-corrected chi connectivity index (χ2v) is 6.58. The van der Waals surface area contributed by atoms with Crippen molar-refractivity contribution < 1.29 is 0 Å². The Morgan fingerprint density at radius 1 is 1.11 bits per heavy atom.